The van der Waals surface area contributed by atoms with E-state index < -0.39 is 0 Å². The number of nitriles is 1. The summed E-state index contributed by atoms with van der Waals surface area (Å²) in [5, 5.41) is 17.5. The molecule has 0 unspecified atom stereocenters. The maximum atomic E-state index is 9.78. The van der Waals surface area contributed by atoms with Crippen molar-refractivity contribution in [3.8, 4) is 34.1 Å². The molecule has 0 N–H and O–H groups in total. The van der Waals surface area contributed by atoms with Crippen molar-refractivity contribution in [3.63, 3.8) is 0 Å². The third kappa shape index (κ3) is 4.09. The van der Waals surface area contributed by atoms with Gasteiger partial charge in [-0.05, 0) is 77.9 Å². The minimum Gasteiger partial charge on any atom is -0.455 e. The van der Waals surface area contributed by atoms with Crippen LogP contribution in [0.4, 0.5) is 0 Å². The zero-order valence-electron chi connectivity index (χ0n) is 27.1. The molecule has 0 fully saturated rings. The minimum absolute atomic E-state index is 0.647. The average molecular weight is 668 g/mol. The molecule has 0 atom stereocenters. The molecule has 4 aromatic heterocycles. The van der Waals surface area contributed by atoms with Crippen LogP contribution >= 0.6 is 11.3 Å². The monoisotopic (exact) mass is 667 g/mol. The summed E-state index contributed by atoms with van der Waals surface area (Å²) >= 11 is 1.79. The summed E-state index contributed by atoms with van der Waals surface area (Å²) in [7, 11) is 0. The normalized spacial score (nSPS) is 11.9. The van der Waals surface area contributed by atoms with Gasteiger partial charge in [0.05, 0.1) is 44.0 Å². The standard InChI is InChI=1S/C46H25N3OS/c47-26-27-17-21-38-36(23-27)37-25-29(18-22-39(37)49(38)31-11-2-1-3-12-31)28-9-8-10-30(24-28)43-42-34-14-4-6-15-40(34)50-45(42)35-20-19-33-32-13-5-7-16-41(32)51-46(33)44(35)48-43/h1-25H. The molecule has 0 bridgehead atoms. The molecule has 4 heterocycles. The molecule has 0 saturated heterocycles. The number of pyridine rings is 1. The third-order valence-electron chi connectivity index (χ3n) is 10.2. The Morgan fingerprint density at radius 1 is 0.569 bits per heavy atom. The van der Waals surface area contributed by atoms with Gasteiger partial charge in [0.25, 0.3) is 0 Å². The number of benzene rings is 7. The molecule has 0 aliphatic carbocycles. The lowest BCUT2D eigenvalue weighted by molar-refractivity contribution is 0.672. The van der Waals surface area contributed by atoms with Gasteiger partial charge < -0.3 is 8.98 Å². The summed E-state index contributed by atoms with van der Waals surface area (Å²) in [4.78, 5) is 5.52. The second-order valence-electron chi connectivity index (χ2n) is 13.0. The maximum Gasteiger partial charge on any atom is 0.147 e. The van der Waals surface area contributed by atoms with Crippen LogP contribution in [0.15, 0.2) is 156 Å². The Morgan fingerprint density at radius 2 is 1.29 bits per heavy atom. The van der Waals surface area contributed by atoms with Crippen molar-refractivity contribution in [3.05, 3.63) is 157 Å². The molecule has 0 aliphatic heterocycles. The maximum absolute atomic E-state index is 9.78. The highest BCUT2D eigenvalue weighted by Crippen LogP contribution is 2.45. The molecule has 11 rings (SSSR count). The van der Waals surface area contributed by atoms with E-state index in [1.165, 1.54) is 20.2 Å². The number of hydrogen-bond donors (Lipinski definition) is 0. The van der Waals surface area contributed by atoms with Gasteiger partial charge >= 0.3 is 0 Å². The number of fused-ring (bicyclic) bond motifs is 12. The van der Waals surface area contributed by atoms with E-state index in [1.807, 2.05) is 30.3 Å². The fraction of sp³-hybridized carbons (Fsp3) is 0. The van der Waals surface area contributed by atoms with Crippen molar-refractivity contribution in [2.24, 2.45) is 0 Å². The average Bonchev–Trinajstić information content (AvgIpc) is 3.87. The first-order chi connectivity index (χ1) is 25.2. The van der Waals surface area contributed by atoms with Crippen molar-refractivity contribution in [2.45, 2.75) is 0 Å². The zero-order valence-corrected chi connectivity index (χ0v) is 27.9. The Labute approximate surface area is 295 Å². The molecule has 5 heteroatoms. The first kappa shape index (κ1) is 28.1. The molecule has 0 aliphatic rings. The highest BCUT2D eigenvalue weighted by Gasteiger charge is 2.21. The first-order valence-electron chi connectivity index (χ1n) is 16.9. The fourth-order valence-corrected chi connectivity index (χ4v) is 9.08. The topological polar surface area (TPSA) is 54.8 Å². The Bertz CT molecular complexity index is 3270. The number of aromatic nitrogens is 2. The van der Waals surface area contributed by atoms with E-state index in [9.17, 15) is 5.26 Å². The third-order valence-corrected chi connectivity index (χ3v) is 11.4. The van der Waals surface area contributed by atoms with Crippen molar-refractivity contribution in [2.75, 3.05) is 0 Å². The number of thiophene rings is 1. The molecule has 0 spiro atoms. The fourth-order valence-electron chi connectivity index (χ4n) is 7.89. The summed E-state index contributed by atoms with van der Waals surface area (Å²) in [6.45, 7) is 0. The van der Waals surface area contributed by atoms with E-state index >= 15 is 0 Å². The van der Waals surface area contributed by atoms with Gasteiger partial charge in [0.15, 0.2) is 0 Å². The molecule has 4 nitrogen and oxygen atoms in total. The lowest BCUT2D eigenvalue weighted by Gasteiger charge is -2.10. The van der Waals surface area contributed by atoms with E-state index in [2.05, 4.69) is 132 Å². The Morgan fingerprint density at radius 3 is 2.18 bits per heavy atom. The zero-order chi connectivity index (χ0) is 33.6. The first-order valence-corrected chi connectivity index (χ1v) is 17.7. The lowest BCUT2D eigenvalue weighted by atomic mass is 9.97. The largest absolute Gasteiger partial charge is 0.455 e. The molecule has 0 amide bonds. The number of rotatable bonds is 3. The quantitative estimate of drug-likeness (QED) is 0.188. The van der Waals surface area contributed by atoms with Crippen molar-refractivity contribution < 1.29 is 4.42 Å². The van der Waals surface area contributed by atoms with E-state index in [1.54, 1.807) is 11.3 Å². The molecule has 7 aromatic carbocycles. The Hall–Kier alpha value is -6.74. The summed E-state index contributed by atoms with van der Waals surface area (Å²) in [6.07, 6.45) is 0. The predicted octanol–water partition coefficient (Wildman–Crippen LogP) is 12.8. The molecule has 11 aromatic rings. The molecule has 236 valence electrons. The highest BCUT2D eigenvalue weighted by atomic mass is 32.1. The van der Waals surface area contributed by atoms with Crippen LogP contribution in [0.2, 0.25) is 0 Å². The molecular weight excluding hydrogens is 643 g/mol. The lowest BCUT2D eigenvalue weighted by Crippen LogP contribution is -1.93. The number of nitrogens with zero attached hydrogens (tertiary/aromatic N) is 3. The summed E-state index contributed by atoms with van der Waals surface area (Å²) in [6, 6.07) is 55.3. The van der Waals surface area contributed by atoms with E-state index in [4.69, 9.17) is 9.40 Å². The van der Waals surface area contributed by atoms with Crippen LogP contribution in [0.25, 0.3) is 103 Å². The summed E-state index contributed by atoms with van der Waals surface area (Å²) in [5.41, 5.74) is 10.7. The summed E-state index contributed by atoms with van der Waals surface area (Å²) < 4.78 is 11.4. The Balaban J connectivity index is 1.16. The molecule has 51 heavy (non-hydrogen) atoms. The van der Waals surface area contributed by atoms with Crippen LogP contribution in [0.5, 0.6) is 0 Å². The number of hydrogen-bond acceptors (Lipinski definition) is 4. The van der Waals surface area contributed by atoms with Gasteiger partial charge in [0.2, 0.25) is 0 Å². The SMILES string of the molecule is N#Cc1ccc2c(c1)c1cc(-c3cccc(-c4nc5c(ccc6c7ccccc7sc65)c5oc6ccccc6c45)c3)ccc1n2-c1ccccc1. The van der Waals surface area contributed by atoms with Crippen LogP contribution in [0, 0.1) is 11.3 Å². The van der Waals surface area contributed by atoms with Crippen molar-refractivity contribution in [1.82, 2.24) is 9.55 Å². The number of furan rings is 1. The van der Waals surface area contributed by atoms with Gasteiger partial charge in [-0.1, -0.05) is 84.9 Å². The predicted molar refractivity (Wildman–Crippen MR) is 212 cm³/mol. The summed E-state index contributed by atoms with van der Waals surface area (Å²) in [5.74, 6) is 0. The van der Waals surface area contributed by atoms with Crippen molar-refractivity contribution in [1.29, 1.82) is 5.26 Å². The Kier molecular flexibility index (Phi) is 5.86. The van der Waals surface area contributed by atoms with Gasteiger partial charge in [0.1, 0.15) is 11.2 Å². The highest BCUT2D eigenvalue weighted by molar-refractivity contribution is 7.26. The van der Waals surface area contributed by atoms with E-state index in [0.29, 0.717) is 5.56 Å². The second kappa shape index (κ2) is 10.6. The second-order valence-corrected chi connectivity index (χ2v) is 14.1. The molecular formula is C46H25N3OS. The van der Waals surface area contributed by atoms with Crippen LogP contribution in [-0.4, -0.2) is 9.55 Å². The van der Waals surface area contributed by atoms with Crippen molar-refractivity contribution >= 4 is 86.2 Å². The molecule has 0 radical (unpaired) electrons. The van der Waals surface area contributed by atoms with E-state index in [-0.39, 0.29) is 0 Å². The van der Waals surface area contributed by atoms with Crippen LogP contribution < -0.4 is 0 Å². The molecule has 0 saturated carbocycles. The van der Waals surface area contributed by atoms with Crippen LogP contribution in [0.3, 0.4) is 0 Å². The van der Waals surface area contributed by atoms with Crippen LogP contribution in [0.1, 0.15) is 5.56 Å². The van der Waals surface area contributed by atoms with Gasteiger partial charge in [-0.3, -0.25) is 0 Å². The van der Waals surface area contributed by atoms with E-state index in [0.717, 1.165) is 82.7 Å². The minimum atomic E-state index is 0.647. The van der Waals surface area contributed by atoms with Gasteiger partial charge in [-0.2, -0.15) is 5.26 Å². The smallest absolute Gasteiger partial charge is 0.147 e. The van der Waals surface area contributed by atoms with Gasteiger partial charge in [0, 0.05) is 48.3 Å². The van der Waals surface area contributed by atoms with Gasteiger partial charge in [-0.25, -0.2) is 4.98 Å². The van der Waals surface area contributed by atoms with Gasteiger partial charge in [-0.15, -0.1) is 11.3 Å². The van der Waals surface area contributed by atoms with Crippen LogP contribution in [-0.2, 0) is 0 Å². The number of para-hydroxylation sites is 2.